The monoisotopic (exact) mass is 551 g/mol. The number of methoxy groups -OCH3 is 1. The van der Waals surface area contributed by atoms with Gasteiger partial charge in [-0.2, -0.15) is 0 Å². The number of benzene rings is 3. The van der Waals surface area contributed by atoms with Crippen LogP contribution in [0.2, 0.25) is 0 Å². The first-order valence-corrected chi connectivity index (χ1v) is 13.4. The van der Waals surface area contributed by atoms with E-state index in [4.69, 9.17) is 9.47 Å². The van der Waals surface area contributed by atoms with Crippen molar-refractivity contribution in [3.63, 3.8) is 0 Å². The first-order chi connectivity index (χ1) is 19.7. The highest BCUT2D eigenvalue weighted by Crippen LogP contribution is 2.40. The van der Waals surface area contributed by atoms with E-state index in [-0.39, 0.29) is 12.3 Å². The normalized spacial score (nSPS) is 12.6. The molecule has 0 spiro atoms. The molecule has 2 heterocycles. The Kier molecular flexibility index (Phi) is 7.87. The van der Waals surface area contributed by atoms with Crippen LogP contribution in [0.3, 0.4) is 0 Å². The van der Waals surface area contributed by atoms with Gasteiger partial charge in [-0.05, 0) is 38.0 Å². The quantitative estimate of drug-likeness (QED) is 0.276. The van der Waals surface area contributed by atoms with Crippen LogP contribution in [0.5, 0.6) is 5.75 Å². The van der Waals surface area contributed by atoms with Gasteiger partial charge in [-0.15, -0.1) is 0 Å². The van der Waals surface area contributed by atoms with Crippen molar-refractivity contribution in [2.45, 2.75) is 45.9 Å². The number of rotatable bonds is 8. The van der Waals surface area contributed by atoms with Gasteiger partial charge in [0.2, 0.25) is 5.91 Å². The van der Waals surface area contributed by atoms with E-state index >= 15 is 0 Å². The summed E-state index contributed by atoms with van der Waals surface area (Å²) in [7, 11) is 1.53. The maximum absolute atomic E-state index is 13.5. The van der Waals surface area contributed by atoms with Crippen LogP contribution >= 0.6 is 0 Å². The van der Waals surface area contributed by atoms with Crippen LogP contribution in [0.25, 0.3) is 0 Å². The number of carbonyl (C=O) groups excluding carboxylic acids is 2. The number of amides is 2. The minimum atomic E-state index is -0.658. The predicted octanol–water partition coefficient (Wildman–Crippen LogP) is 6.26. The Morgan fingerprint density at radius 3 is 2.17 bits per heavy atom. The molecule has 1 aromatic heterocycles. The topological polar surface area (TPSA) is 96.9 Å². The van der Waals surface area contributed by atoms with E-state index in [1.165, 1.54) is 13.4 Å². The zero-order valence-corrected chi connectivity index (χ0v) is 23.6. The number of carbonyl (C=O) groups is 2. The molecular formula is C32H33N5O4. The summed E-state index contributed by atoms with van der Waals surface area (Å²) in [6, 6.07) is 25.4. The number of hydrogen-bond donors (Lipinski definition) is 1. The van der Waals surface area contributed by atoms with Crippen LogP contribution in [-0.2, 0) is 29.0 Å². The molecular weight excluding hydrogens is 518 g/mol. The Morgan fingerprint density at radius 1 is 0.951 bits per heavy atom. The molecule has 0 aliphatic carbocycles. The molecule has 2 amide bonds. The van der Waals surface area contributed by atoms with Gasteiger partial charge in [0.25, 0.3) is 0 Å². The van der Waals surface area contributed by atoms with E-state index in [2.05, 4.69) is 44.5 Å². The third-order valence-electron chi connectivity index (χ3n) is 6.45. The van der Waals surface area contributed by atoms with Crippen molar-refractivity contribution in [1.29, 1.82) is 0 Å². The molecule has 1 N–H and O–H groups in total. The zero-order valence-electron chi connectivity index (χ0n) is 23.6. The van der Waals surface area contributed by atoms with Gasteiger partial charge in [0.1, 0.15) is 29.3 Å². The summed E-state index contributed by atoms with van der Waals surface area (Å²) < 4.78 is 10.9. The van der Waals surface area contributed by atoms with Gasteiger partial charge >= 0.3 is 6.09 Å². The third-order valence-corrected chi connectivity index (χ3v) is 6.45. The van der Waals surface area contributed by atoms with Gasteiger partial charge in [-0.3, -0.25) is 15.0 Å². The van der Waals surface area contributed by atoms with Gasteiger partial charge in [0.15, 0.2) is 0 Å². The van der Waals surface area contributed by atoms with Gasteiger partial charge in [-0.1, -0.05) is 60.7 Å². The van der Waals surface area contributed by atoms with Crippen LogP contribution < -0.4 is 19.9 Å². The minimum Gasteiger partial charge on any atom is -0.497 e. The number of hydrogen-bond acceptors (Lipinski definition) is 7. The highest BCUT2D eigenvalue weighted by atomic mass is 16.6. The molecule has 0 bridgehead atoms. The molecule has 0 atom stereocenters. The molecule has 0 fully saturated rings. The first-order valence-electron chi connectivity index (χ1n) is 13.4. The van der Waals surface area contributed by atoms with Crippen molar-refractivity contribution in [2.75, 3.05) is 22.2 Å². The van der Waals surface area contributed by atoms with Crippen molar-refractivity contribution in [2.24, 2.45) is 0 Å². The van der Waals surface area contributed by atoms with E-state index in [1.807, 2.05) is 36.4 Å². The Morgan fingerprint density at radius 2 is 1.59 bits per heavy atom. The molecule has 9 nitrogen and oxygen atoms in total. The van der Waals surface area contributed by atoms with Gasteiger partial charge in [0.05, 0.1) is 19.2 Å². The summed E-state index contributed by atoms with van der Waals surface area (Å²) in [6.45, 7) is 6.59. The van der Waals surface area contributed by atoms with E-state index < -0.39 is 11.7 Å². The molecule has 0 saturated carbocycles. The second kappa shape index (κ2) is 11.7. The second-order valence-electron chi connectivity index (χ2n) is 10.8. The Hall–Kier alpha value is -4.92. The van der Waals surface area contributed by atoms with E-state index in [1.54, 1.807) is 43.9 Å². The van der Waals surface area contributed by atoms with Gasteiger partial charge in [-0.25, -0.2) is 14.8 Å². The highest BCUT2D eigenvalue weighted by Gasteiger charge is 2.35. The lowest BCUT2D eigenvalue weighted by atomic mass is 10.1. The van der Waals surface area contributed by atoms with Crippen molar-refractivity contribution in [3.8, 4) is 5.75 Å². The maximum Gasteiger partial charge on any atom is 0.412 e. The molecule has 1 aliphatic heterocycles. The van der Waals surface area contributed by atoms with Crippen molar-refractivity contribution >= 4 is 35.0 Å². The Bertz CT molecular complexity index is 1500. The summed E-state index contributed by atoms with van der Waals surface area (Å²) in [4.78, 5) is 38.9. The fourth-order valence-corrected chi connectivity index (χ4v) is 4.77. The van der Waals surface area contributed by atoms with Crippen molar-refractivity contribution in [3.05, 3.63) is 102 Å². The molecule has 9 heteroatoms. The van der Waals surface area contributed by atoms with Crippen LogP contribution in [0.4, 0.5) is 27.8 Å². The predicted molar refractivity (Wildman–Crippen MR) is 159 cm³/mol. The van der Waals surface area contributed by atoms with Crippen LogP contribution in [-0.4, -0.2) is 34.7 Å². The molecule has 5 rings (SSSR count). The molecule has 210 valence electrons. The lowest BCUT2D eigenvalue weighted by Crippen LogP contribution is -2.27. The van der Waals surface area contributed by atoms with E-state index in [9.17, 15) is 9.59 Å². The minimum absolute atomic E-state index is 0.137. The number of nitrogens with zero attached hydrogens (tertiary/aromatic N) is 4. The van der Waals surface area contributed by atoms with Crippen LogP contribution in [0.1, 0.15) is 37.5 Å². The lowest BCUT2D eigenvalue weighted by molar-refractivity contribution is -0.116. The number of nitrogens with one attached hydrogen (secondary N) is 1. The highest BCUT2D eigenvalue weighted by molar-refractivity contribution is 6.08. The maximum atomic E-state index is 13.5. The molecule has 1 aliphatic rings. The summed E-state index contributed by atoms with van der Waals surface area (Å²) in [5.74, 6) is 1.52. The Balaban J connectivity index is 1.51. The number of fused-ring (bicyclic) bond motifs is 1. The summed E-state index contributed by atoms with van der Waals surface area (Å²) in [6.07, 6.45) is 1.02. The fourth-order valence-electron chi connectivity index (χ4n) is 4.77. The molecule has 41 heavy (non-hydrogen) atoms. The molecule has 0 saturated heterocycles. The number of ether oxygens (including phenoxy) is 2. The smallest absolute Gasteiger partial charge is 0.412 e. The van der Waals surface area contributed by atoms with E-state index in [0.717, 1.165) is 16.7 Å². The summed E-state index contributed by atoms with van der Waals surface area (Å²) in [5, 5.41) is 2.74. The summed E-state index contributed by atoms with van der Waals surface area (Å²) in [5.41, 5.74) is 3.29. The number of aromatic nitrogens is 2. The van der Waals surface area contributed by atoms with Crippen molar-refractivity contribution < 1.29 is 19.1 Å². The van der Waals surface area contributed by atoms with Gasteiger partial charge < -0.3 is 14.4 Å². The van der Waals surface area contributed by atoms with Crippen LogP contribution in [0, 0.1) is 0 Å². The van der Waals surface area contributed by atoms with Crippen LogP contribution in [0.15, 0.2) is 85.2 Å². The third kappa shape index (κ3) is 6.63. The van der Waals surface area contributed by atoms with Crippen molar-refractivity contribution in [1.82, 2.24) is 9.97 Å². The second-order valence-corrected chi connectivity index (χ2v) is 10.8. The standard InChI is InChI=1S/C32H33N5O4/c1-32(2,3)41-31(39)35-24-15-25(17-26(16-24)40-4)37-28(38)18-27-29(33-21-34-30(27)37)36(19-22-11-7-5-8-12-22)20-23-13-9-6-10-14-23/h5-17,21H,18-20H2,1-4H3,(H,35,39). The van der Waals surface area contributed by atoms with Gasteiger partial charge in [0, 0.05) is 36.5 Å². The SMILES string of the molecule is COc1cc(NC(=O)OC(C)(C)C)cc(N2C(=O)Cc3c(N(Cc4ccccc4)Cc4ccccc4)ncnc32)c1. The zero-order chi connectivity index (χ0) is 29.0. The fraction of sp³-hybridized carbons (Fsp3) is 0.250. The molecule has 0 radical (unpaired) electrons. The molecule has 3 aromatic carbocycles. The average molecular weight is 552 g/mol. The largest absolute Gasteiger partial charge is 0.497 e. The lowest BCUT2D eigenvalue weighted by Gasteiger charge is -2.26. The summed E-state index contributed by atoms with van der Waals surface area (Å²) >= 11 is 0. The first kappa shape index (κ1) is 27.6. The molecule has 0 unspecified atom stereocenters. The van der Waals surface area contributed by atoms with E-state index in [0.29, 0.717) is 41.8 Å². The number of anilines is 4. The molecule has 4 aromatic rings. The average Bonchev–Trinajstić information content (AvgIpc) is 3.28. The Labute approximate surface area is 239 Å².